The Morgan fingerprint density at radius 2 is 2.04 bits per heavy atom. The van der Waals surface area contributed by atoms with Crippen molar-refractivity contribution in [3.05, 3.63) is 71.7 Å². The molecule has 0 spiro atoms. The van der Waals surface area contributed by atoms with Gasteiger partial charge in [0.15, 0.2) is 11.5 Å². The third-order valence-corrected chi connectivity index (χ3v) is 4.02. The van der Waals surface area contributed by atoms with Crippen LogP contribution >= 0.6 is 0 Å². The molecule has 0 aliphatic carbocycles. The molecule has 0 bridgehead atoms. The Kier molecular flexibility index (Phi) is 4.57. The quantitative estimate of drug-likeness (QED) is 0.749. The predicted octanol–water partition coefficient (Wildman–Crippen LogP) is 3.24. The molecule has 2 aromatic heterocycles. The first-order valence-corrected chi connectivity index (χ1v) is 8.41. The summed E-state index contributed by atoms with van der Waals surface area (Å²) < 4.78 is 16.4. The lowest BCUT2D eigenvalue weighted by atomic mass is 10.2. The van der Waals surface area contributed by atoms with Gasteiger partial charge in [-0.05, 0) is 43.3 Å². The van der Waals surface area contributed by atoms with Crippen molar-refractivity contribution in [2.75, 3.05) is 6.79 Å². The zero-order chi connectivity index (χ0) is 18.6. The van der Waals surface area contributed by atoms with E-state index in [0.717, 1.165) is 11.3 Å². The average molecular weight is 363 g/mol. The monoisotopic (exact) mass is 363 g/mol. The van der Waals surface area contributed by atoms with Gasteiger partial charge in [0, 0.05) is 29.6 Å². The molecule has 1 aliphatic rings. The van der Waals surface area contributed by atoms with E-state index in [1.807, 2.05) is 25.1 Å². The third kappa shape index (κ3) is 3.82. The van der Waals surface area contributed by atoms with Crippen molar-refractivity contribution in [3.63, 3.8) is 0 Å². The van der Waals surface area contributed by atoms with Crippen molar-refractivity contribution in [2.45, 2.75) is 13.5 Å². The predicted molar refractivity (Wildman–Crippen MR) is 97.0 cm³/mol. The number of ether oxygens (including phenoxy) is 3. The van der Waals surface area contributed by atoms with Gasteiger partial charge in [-0.25, -0.2) is 4.98 Å². The van der Waals surface area contributed by atoms with Gasteiger partial charge in [-0.15, -0.1) is 0 Å². The highest BCUT2D eigenvalue weighted by Crippen LogP contribution is 2.32. The van der Waals surface area contributed by atoms with Gasteiger partial charge in [0.05, 0.1) is 6.20 Å². The van der Waals surface area contributed by atoms with E-state index in [1.165, 1.54) is 0 Å². The highest BCUT2D eigenvalue weighted by Gasteiger charge is 2.16. The molecule has 0 saturated heterocycles. The number of aromatic nitrogens is 2. The number of fused-ring (bicyclic) bond motifs is 1. The molecular weight excluding hydrogens is 346 g/mol. The molecule has 3 heterocycles. The smallest absolute Gasteiger partial charge is 0.251 e. The van der Waals surface area contributed by atoms with Crippen LogP contribution in [-0.2, 0) is 6.54 Å². The van der Waals surface area contributed by atoms with Gasteiger partial charge in [0.25, 0.3) is 5.91 Å². The number of carbonyl (C=O) groups excluding carboxylic acids is 1. The van der Waals surface area contributed by atoms with Crippen LogP contribution in [0.1, 0.15) is 21.6 Å². The molecule has 136 valence electrons. The summed E-state index contributed by atoms with van der Waals surface area (Å²) in [4.78, 5) is 20.9. The average Bonchev–Trinajstić information content (AvgIpc) is 3.16. The fourth-order valence-electron chi connectivity index (χ4n) is 2.59. The second-order valence-electron chi connectivity index (χ2n) is 5.96. The van der Waals surface area contributed by atoms with Gasteiger partial charge in [0.1, 0.15) is 5.75 Å². The summed E-state index contributed by atoms with van der Waals surface area (Å²) >= 11 is 0. The summed E-state index contributed by atoms with van der Waals surface area (Å²) in [7, 11) is 0. The summed E-state index contributed by atoms with van der Waals surface area (Å²) in [6.45, 7) is 2.35. The molecular formula is C20H17N3O4. The molecule has 1 aromatic carbocycles. The molecule has 0 saturated carbocycles. The highest BCUT2D eigenvalue weighted by molar-refractivity contribution is 5.94. The van der Waals surface area contributed by atoms with E-state index in [0.29, 0.717) is 28.7 Å². The Bertz CT molecular complexity index is 973. The molecule has 27 heavy (non-hydrogen) atoms. The lowest BCUT2D eigenvalue weighted by molar-refractivity contribution is 0.0950. The van der Waals surface area contributed by atoms with Crippen LogP contribution in [0.4, 0.5) is 0 Å². The number of nitrogens with zero attached hydrogens (tertiary/aromatic N) is 2. The van der Waals surface area contributed by atoms with Gasteiger partial charge in [0.2, 0.25) is 12.7 Å². The number of benzene rings is 1. The largest absolute Gasteiger partial charge is 0.454 e. The zero-order valence-electron chi connectivity index (χ0n) is 14.6. The maximum absolute atomic E-state index is 12.4. The van der Waals surface area contributed by atoms with Crippen LogP contribution in [0, 0.1) is 6.92 Å². The van der Waals surface area contributed by atoms with Crippen molar-refractivity contribution < 1.29 is 19.0 Å². The van der Waals surface area contributed by atoms with Crippen molar-refractivity contribution in [1.82, 2.24) is 15.3 Å². The first-order chi connectivity index (χ1) is 13.2. The maximum atomic E-state index is 12.4. The van der Waals surface area contributed by atoms with Crippen LogP contribution in [0.25, 0.3) is 0 Å². The minimum atomic E-state index is -0.222. The van der Waals surface area contributed by atoms with E-state index in [9.17, 15) is 4.79 Å². The van der Waals surface area contributed by atoms with Crippen LogP contribution in [0.5, 0.6) is 23.1 Å². The second kappa shape index (κ2) is 7.33. The van der Waals surface area contributed by atoms with Gasteiger partial charge >= 0.3 is 0 Å². The molecule has 0 unspecified atom stereocenters. The molecule has 3 aromatic rings. The van der Waals surface area contributed by atoms with Crippen LogP contribution in [0.15, 0.2) is 54.9 Å². The van der Waals surface area contributed by atoms with E-state index in [-0.39, 0.29) is 19.2 Å². The lowest BCUT2D eigenvalue weighted by Crippen LogP contribution is -2.23. The van der Waals surface area contributed by atoms with Crippen molar-refractivity contribution in [1.29, 1.82) is 0 Å². The van der Waals surface area contributed by atoms with Crippen LogP contribution in [0.3, 0.4) is 0 Å². The fraction of sp³-hybridized carbons (Fsp3) is 0.150. The Morgan fingerprint density at radius 1 is 1.15 bits per heavy atom. The number of hydrogen-bond donors (Lipinski definition) is 1. The number of pyridine rings is 2. The summed E-state index contributed by atoms with van der Waals surface area (Å²) in [5, 5.41) is 2.87. The Balaban J connectivity index is 1.45. The molecule has 0 fully saturated rings. The number of aryl methyl sites for hydroxylation is 1. The standard InChI is InChI=1S/C20H17N3O4/c1-13-4-6-16(11-22-13)27-20-15(3-2-8-21-20)10-23-19(24)14-5-7-17-18(9-14)26-12-25-17/h2-9,11H,10,12H2,1H3,(H,23,24). The molecule has 7 nitrogen and oxygen atoms in total. The Labute approximate surface area is 155 Å². The molecule has 7 heteroatoms. The fourth-order valence-corrected chi connectivity index (χ4v) is 2.59. The molecule has 1 N–H and O–H groups in total. The van der Waals surface area contributed by atoms with Crippen molar-refractivity contribution in [3.8, 4) is 23.1 Å². The summed E-state index contributed by atoms with van der Waals surface area (Å²) in [5.41, 5.74) is 2.15. The maximum Gasteiger partial charge on any atom is 0.251 e. The Morgan fingerprint density at radius 3 is 2.89 bits per heavy atom. The number of hydrogen-bond acceptors (Lipinski definition) is 6. The number of nitrogens with one attached hydrogen (secondary N) is 1. The summed E-state index contributed by atoms with van der Waals surface area (Å²) in [6.07, 6.45) is 3.28. The lowest BCUT2D eigenvalue weighted by Gasteiger charge is -2.11. The topological polar surface area (TPSA) is 82.6 Å². The number of rotatable bonds is 5. The van der Waals surface area contributed by atoms with E-state index in [4.69, 9.17) is 14.2 Å². The first kappa shape index (κ1) is 16.8. The van der Waals surface area contributed by atoms with Gasteiger partial charge in [-0.3, -0.25) is 9.78 Å². The third-order valence-electron chi connectivity index (χ3n) is 4.02. The Hall–Kier alpha value is -3.61. The molecule has 1 amide bonds. The van der Waals surface area contributed by atoms with E-state index in [2.05, 4.69) is 15.3 Å². The normalized spacial score (nSPS) is 11.9. The SMILES string of the molecule is Cc1ccc(Oc2ncccc2CNC(=O)c2ccc3c(c2)OCO3)cn1. The van der Waals surface area contributed by atoms with Crippen molar-refractivity contribution in [2.24, 2.45) is 0 Å². The molecule has 0 atom stereocenters. The van der Waals surface area contributed by atoms with Crippen molar-refractivity contribution >= 4 is 5.91 Å². The number of carbonyl (C=O) groups is 1. The van der Waals surface area contributed by atoms with E-state index in [1.54, 1.807) is 36.7 Å². The summed E-state index contributed by atoms with van der Waals surface area (Å²) in [5.74, 6) is 2.00. The van der Waals surface area contributed by atoms with Gasteiger partial charge < -0.3 is 19.5 Å². The van der Waals surface area contributed by atoms with Crippen LogP contribution in [0.2, 0.25) is 0 Å². The second-order valence-corrected chi connectivity index (χ2v) is 5.96. The summed E-state index contributed by atoms with van der Waals surface area (Å²) in [6, 6.07) is 12.4. The van der Waals surface area contributed by atoms with E-state index >= 15 is 0 Å². The minimum Gasteiger partial charge on any atom is -0.454 e. The van der Waals surface area contributed by atoms with Crippen LogP contribution in [-0.4, -0.2) is 22.7 Å². The molecule has 0 radical (unpaired) electrons. The van der Waals surface area contributed by atoms with Gasteiger partial charge in [-0.1, -0.05) is 6.07 Å². The first-order valence-electron chi connectivity index (χ1n) is 8.41. The van der Waals surface area contributed by atoms with E-state index < -0.39 is 0 Å². The molecule has 4 rings (SSSR count). The van der Waals surface area contributed by atoms with Crippen LogP contribution < -0.4 is 19.5 Å². The molecule has 1 aliphatic heterocycles. The minimum absolute atomic E-state index is 0.171. The number of amides is 1. The highest BCUT2D eigenvalue weighted by atomic mass is 16.7. The zero-order valence-corrected chi connectivity index (χ0v) is 14.6. The van der Waals surface area contributed by atoms with Gasteiger partial charge in [-0.2, -0.15) is 0 Å².